The molecule has 0 unspecified atom stereocenters. The predicted octanol–water partition coefficient (Wildman–Crippen LogP) is 5.06. The molecule has 6 aliphatic rings. The molecule has 4 bridgehead atoms. The molecule has 4 fully saturated rings. The Bertz CT molecular complexity index is 1900. The third-order valence-electron chi connectivity index (χ3n) is 10.4. The molecule has 5 aliphatic carbocycles. The molecule has 2 aromatic carbocycles. The Labute approximate surface area is 282 Å². The Morgan fingerprint density at radius 1 is 0.796 bits per heavy atom. The van der Waals surface area contributed by atoms with Crippen LogP contribution < -0.4 is 16.1 Å². The van der Waals surface area contributed by atoms with Gasteiger partial charge >= 0.3 is 5.97 Å². The number of carbonyl (C=O) groups excluding carboxylic acids is 2. The molecular formula is C38H40N2O9. The number of hydrogen-bond donors (Lipinski definition) is 4. The minimum atomic E-state index is -1.23. The van der Waals surface area contributed by atoms with E-state index in [-0.39, 0.29) is 58.1 Å². The minimum absolute atomic E-state index is 0.0470. The lowest BCUT2D eigenvalue weighted by atomic mass is 9.49. The summed E-state index contributed by atoms with van der Waals surface area (Å²) in [6, 6.07) is 13.1. The zero-order valence-corrected chi connectivity index (χ0v) is 27.2. The number of amides is 2. The van der Waals surface area contributed by atoms with E-state index in [1.807, 2.05) is 0 Å². The van der Waals surface area contributed by atoms with E-state index in [1.165, 1.54) is 55.7 Å². The number of rotatable bonds is 13. The molecule has 0 atom stereocenters. The lowest BCUT2D eigenvalue weighted by Crippen LogP contribution is -2.53. The molecule has 49 heavy (non-hydrogen) atoms. The maximum atomic E-state index is 13.0. The topological polar surface area (TPSA) is 164 Å². The summed E-state index contributed by atoms with van der Waals surface area (Å²) in [4.78, 5) is 50.5. The molecule has 4 N–H and O–H groups in total. The van der Waals surface area contributed by atoms with Gasteiger partial charge in [0.25, 0.3) is 5.91 Å². The number of phenolic OH excluding ortho intramolecular Hbond substituents is 1. The number of aromatic hydroxyl groups is 1. The Kier molecular flexibility index (Phi) is 9.13. The Hall–Kier alpha value is -4.74. The van der Waals surface area contributed by atoms with Crippen LogP contribution in [0.3, 0.4) is 0 Å². The molecule has 2 aromatic rings. The number of ether oxygens (including phenoxy) is 2. The monoisotopic (exact) mass is 668 g/mol. The van der Waals surface area contributed by atoms with Gasteiger partial charge in [0.1, 0.15) is 17.1 Å². The summed E-state index contributed by atoms with van der Waals surface area (Å²) >= 11 is 0. The number of fused-ring (bicyclic) bond motifs is 2. The van der Waals surface area contributed by atoms with Crippen LogP contribution in [0.25, 0.3) is 33.4 Å². The molecule has 0 radical (unpaired) electrons. The predicted molar refractivity (Wildman–Crippen MR) is 181 cm³/mol. The molecule has 0 aromatic heterocycles. The summed E-state index contributed by atoms with van der Waals surface area (Å²) in [6.45, 7) is 2.02. The summed E-state index contributed by atoms with van der Waals surface area (Å²) in [6.07, 6.45) is 7.04. The van der Waals surface area contributed by atoms with Crippen LogP contribution in [-0.2, 0) is 14.3 Å². The van der Waals surface area contributed by atoms with Gasteiger partial charge in [-0.05, 0) is 98.2 Å². The van der Waals surface area contributed by atoms with Crippen molar-refractivity contribution in [2.45, 2.75) is 38.5 Å². The van der Waals surface area contributed by atoms with E-state index in [1.54, 1.807) is 18.2 Å². The van der Waals surface area contributed by atoms with Crippen LogP contribution in [0.5, 0.6) is 5.75 Å². The highest BCUT2D eigenvalue weighted by molar-refractivity contribution is 6.09. The number of carboxylic acid groups (broad SMARTS) is 1. The second-order valence-electron chi connectivity index (χ2n) is 13.8. The lowest BCUT2D eigenvalue weighted by Gasteiger charge is -2.55. The summed E-state index contributed by atoms with van der Waals surface area (Å²) < 4.78 is 17.1. The summed E-state index contributed by atoms with van der Waals surface area (Å²) in [7, 11) is 0. The van der Waals surface area contributed by atoms with E-state index in [2.05, 4.69) is 10.6 Å². The first-order chi connectivity index (χ1) is 23.7. The van der Waals surface area contributed by atoms with Crippen molar-refractivity contribution in [2.75, 3.05) is 39.5 Å². The van der Waals surface area contributed by atoms with Gasteiger partial charge in [-0.2, -0.15) is 0 Å². The maximum absolute atomic E-state index is 13.0. The highest BCUT2D eigenvalue weighted by atomic mass is 16.5. The fraction of sp³-hybridized carbons (Fsp3) is 0.421. The van der Waals surface area contributed by atoms with Crippen molar-refractivity contribution in [3.63, 3.8) is 0 Å². The van der Waals surface area contributed by atoms with E-state index in [4.69, 9.17) is 13.9 Å². The SMILES string of the molecule is O=C(NCCOCCOCCNC(=O)C12CC3CC(CC(C3)C1)C2)c1ccc(-c2c3ccc(=O)cc-3oc3cc(O)ccc23)c(C(=O)O)c1. The molecule has 1 aliphatic heterocycles. The number of carboxylic acids is 1. The quantitative estimate of drug-likeness (QED) is 0.113. The van der Waals surface area contributed by atoms with Crippen molar-refractivity contribution < 1.29 is 38.5 Å². The van der Waals surface area contributed by atoms with E-state index >= 15 is 0 Å². The van der Waals surface area contributed by atoms with Gasteiger partial charge in [-0.3, -0.25) is 14.4 Å². The first kappa shape index (κ1) is 32.8. The molecule has 11 heteroatoms. The van der Waals surface area contributed by atoms with Gasteiger partial charge in [0, 0.05) is 52.7 Å². The minimum Gasteiger partial charge on any atom is -0.508 e. The molecular weight excluding hydrogens is 628 g/mol. The molecule has 2 amide bonds. The number of aromatic carboxylic acids is 1. The summed E-state index contributed by atoms with van der Waals surface area (Å²) in [5, 5.41) is 26.6. The number of benzene rings is 3. The smallest absolute Gasteiger partial charge is 0.336 e. The third-order valence-corrected chi connectivity index (χ3v) is 10.4. The first-order valence-corrected chi connectivity index (χ1v) is 17.0. The number of nitrogens with one attached hydrogen (secondary N) is 2. The van der Waals surface area contributed by atoms with Crippen molar-refractivity contribution in [3.05, 3.63) is 75.9 Å². The molecule has 8 rings (SSSR count). The van der Waals surface area contributed by atoms with E-state index < -0.39 is 11.9 Å². The van der Waals surface area contributed by atoms with E-state index in [0.717, 1.165) is 37.0 Å². The average Bonchev–Trinajstić information content (AvgIpc) is 3.06. The van der Waals surface area contributed by atoms with Crippen LogP contribution in [0.15, 0.2) is 63.8 Å². The van der Waals surface area contributed by atoms with Gasteiger partial charge in [0.05, 0.1) is 32.0 Å². The zero-order valence-electron chi connectivity index (χ0n) is 27.2. The first-order valence-electron chi connectivity index (χ1n) is 17.0. The van der Waals surface area contributed by atoms with Crippen molar-refractivity contribution in [3.8, 4) is 28.2 Å². The molecule has 4 saturated carbocycles. The average molecular weight is 669 g/mol. The highest BCUT2D eigenvalue weighted by Gasteiger charge is 2.54. The van der Waals surface area contributed by atoms with E-state index in [0.29, 0.717) is 48.4 Å². The number of hydrogen-bond acceptors (Lipinski definition) is 8. The van der Waals surface area contributed by atoms with Crippen molar-refractivity contribution >= 4 is 28.8 Å². The molecule has 1 heterocycles. The van der Waals surface area contributed by atoms with Gasteiger partial charge < -0.3 is 34.7 Å². The number of carbonyl (C=O) groups is 3. The van der Waals surface area contributed by atoms with Crippen LogP contribution in [0, 0.1) is 23.2 Å². The highest BCUT2D eigenvalue weighted by Crippen LogP contribution is 2.60. The third kappa shape index (κ3) is 6.78. The lowest BCUT2D eigenvalue weighted by molar-refractivity contribution is -0.146. The second-order valence-corrected chi connectivity index (χ2v) is 13.8. The van der Waals surface area contributed by atoms with Crippen LogP contribution in [0.1, 0.15) is 59.2 Å². The summed E-state index contributed by atoms with van der Waals surface area (Å²) in [5.41, 5.74) is 1.23. The van der Waals surface area contributed by atoms with Gasteiger partial charge in [-0.15, -0.1) is 0 Å². The standard InChI is InChI=1S/C38H40N2O9/c41-26-2-5-29-32(17-26)49-33-18-27(42)3-6-30(33)34(29)28-4-1-25(16-31(28)36(44)45)35(43)39-7-9-47-11-12-48-10-8-40-37(46)38-19-22-13-23(20-38)15-24(14-22)21-38/h1-6,16-18,22-24,41H,7-15,19-21H2,(H,39,43)(H,40,46)(H,44,45). The van der Waals surface area contributed by atoms with Crippen LogP contribution >= 0.6 is 0 Å². The van der Waals surface area contributed by atoms with Crippen LogP contribution in [0.4, 0.5) is 0 Å². The van der Waals surface area contributed by atoms with Gasteiger partial charge in [-0.25, -0.2) is 4.79 Å². The van der Waals surface area contributed by atoms with Crippen molar-refractivity contribution in [1.29, 1.82) is 0 Å². The van der Waals surface area contributed by atoms with Crippen LogP contribution in [-0.4, -0.2) is 67.5 Å². The molecule has 0 saturated heterocycles. The second kappa shape index (κ2) is 13.6. The van der Waals surface area contributed by atoms with Crippen molar-refractivity contribution in [2.24, 2.45) is 23.2 Å². The fourth-order valence-electron chi connectivity index (χ4n) is 8.70. The summed E-state index contributed by atoms with van der Waals surface area (Å²) in [5.74, 6) is 0.882. The molecule has 0 spiro atoms. The Morgan fingerprint density at radius 2 is 1.45 bits per heavy atom. The van der Waals surface area contributed by atoms with Gasteiger partial charge in [0.2, 0.25) is 5.91 Å². The molecule has 11 nitrogen and oxygen atoms in total. The normalized spacial score (nSPS) is 22.4. The van der Waals surface area contributed by atoms with Gasteiger partial charge in [-0.1, -0.05) is 6.07 Å². The Morgan fingerprint density at radius 3 is 2.12 bits per heavy atom. The van der Waals surface area contributed by atoms with E-state index in [9.17, 15) is 29.4 Å². The fourth-order valence-corrected chi connectivity index (χ4v) is 8.70. The Balaban J connectivity index is 0.889. The zero-order chi connectivity index (χ0) is 34.1. The molecule has 256 valence electrons. The van der Waals surface area contributed by atoms with Crippen molar-refractivity contribution in [1.82, 2.24) is 10.6 Å². The largest absolute Gasteiger partial charge is 0.508 e. The maximum Gasteiger partial charge on any atom is 0.336 e. The number of phenols is 1. The van der Waals surface area contributed by atoms with Crippen LogP contribution in [0.2, 0.25) is 0 Å². The van der Waals surface area contributed by atoms with Gasteiger partial charge in [0.15, 0.2) is 5.43 Å².